The molecule has 15 rings (SSSR count). The standard InChI is InChI=1S/C91H105Cl2F3N12O31/c1-37(2)22-52(99-5)81(124)106-68-70(116)41-13-16-56(50(92)26-41)132-58-28-44-29-59(77(58)137-89-75(121)73(119)78(61(36-111)135-89)138-88-74(120)72(118)71(117)60(134-88)35-100-34-39-8-6-10-45(23-39)101-80(123)43-9-7-11-47(24-43)139-91(94,95)96)133-57-17-14-42(27-51(57)93)76(136-63-33-90(4,98)79(122)38(3)131-63)69-86(129)105-67(87(130)108(18-20-109)19-21-110)49-30-46(112)31-55(114)64(49)48-25-40(12-15-54(48)113)65(83(126)107-69)104-84(127)66(44)103-82(125)53(32-62(97)115)102-85(68)128/h6-17,23-31,37-38,52-53,60-61,63,65-76,78-79,88-89,99-100,109-114,116-122H,18-22,32-36,98H2,1-5H3,(H2,97,115)(H,101,123)(H,102,128)(H,103,125)(H,104,127)(H,105,129)(H,106,124)(H,107,126)/t38-,52+,53?,60+,61+,63-,65+,66+,67?,68?,69-,70+,71-,72-,73+,74+,75+,76+,78+,79-,88-,89-,90-/m0/s1. The Balaban J connectivity index is 0.944. The lowest BCUT2D eigenvalue weighted by atomic mass is 9.86. The Morgan fingerprint density at radius 3 is 1.93 bits per heavy atom. The molecule has 48 heteroatoms. The Labute approximate surface area is 799 Å². The predicted molar refractivity (Wildman–Crippen MR) is 477 cm³/mol. The second kappa shape index (κ2) is 44.2. The molecule has 139 heavy (non-hydrogen) atoms. The van der Waals surface area contributed by atoms with Crippen molar-refractivity contribution < 1.29 is 165 Å². The second-order valence-corrected chi connectivity index (χ2v) is 35.5. The number of carbonyl (C=O) groups is 9. The van der Waals surface area contributed by atoms with Crippen molar-refractivity contribution in [2.24, 2.45) is 17.4 Å². The van der Waals surface area contributed by atoms with Crippen LogP contribution in [0.2, 0.25) is 10.0 Å². The van der Waals surface area contributed by atoms with Crippen LogP contribution in [0.1, 0.15) is 121 Å². The van der Waals surface area contributed by atoms with Crippen molar-refractivity contribution in [2.45, 2.75) is 200 Å². The van der Waals surface area contributed by atoms with Crippen molar-refractivity contribution in [3.8, 4) is 62.9 Å². The molecule has 3 saturated heterocycles. The minimum atomic E-state index is -5.04. The molecule has 8 heterocycles. The molecule has 0 aromatic heterocycles. The normalized spacial score (nSPS) is 28.0. The molecule has 9 amide bonds. The number of phenols is 3. The number of nitrogens with zero attached hydrogens (tertiary/aromatic N) is 1. The number of alkyl halides is 3. The molecule has 26 N–H and O–H groups in total. The predicted octanol–water partition coefficient (Wildman–Crippen LogP) is 0.607. The van der Waals surface area contributed by atoms with E-state index < -0.39 is 335 Å². The van der Waals surface area contributed by atoms with Crippen molar-refractivity contribution in [1.82, 2.24) is 47.4 Å². The minimum Gasteiger partial charge on any atom is -0.508 e. The highest BCUT2D eigenvalue weighted by Gasteiger charge is 2.54. The van der Waals surface area contributed by atoms with Gasteiger partial charge in [-0.3, -0.25) is 43.2 Å². The third kappa shape index (κ3) is 24.2. The zero-order valence-electron chi connectivity index (χ0n) is 74.6. The van der Waals surface area contributed by atoms with E-state index in [1.807, 2.05) is 0 Å². The van der Waals surface area contributed by atoms with E-state index in [1.165, 1.54) is 57.3 Å². The van der Waals surface area contributed by atoms with Gasteiger partial charge >= 0.3 is 6.36 Å². The first-order chi connectivity index (χ1) is 65.8. The van der Waals surface area contributed by atoms with Crippen molar-refractivity contribution in [1.29, 1.82) is 0 Å². The van der Waals surface area contributed by atoms with Gasteiger partial charge in [0.15, 0.2) is 24.1 Å². The van der Waals surface area contributed by atoms with Gasteiger partial charge in [-0.1, -0.05) is 73.4 Å². The lowest BCUT2D eigenvalue weighted by Crippen LogP contribution is -2.65. The molecule has 7 aromatic carbocycles. The maximum Gasteiger partial charge on any atom is 0.573 e. The Kier molecular flexibility index (Phi) is 33.2. The molecule has 750 valence electrons. The number of likely N-dealkylation sites (N-methyl/N-ethyl adjacent to an activating group) is 1. The fraction of sp³-hybridized carbons (Fsp3) is 0.440. The molecule has 23 atom stereocenters. The van der Waals surface area contributed by atoms with Gasteiger partial charge in [-0.25, -0.2) is 0 Å². The van der Waals surface area contributed by atoms with Crippen molar-refractivity contribution in [3.05, 3.63) is 176 Å². The van der Waals surface area contributed by atoms with Gasteiger partial charge in [-0.15, -0.1) is 13.2 Å². The van der Waals surface area contributed by atoms with E-state index in [9.17, 15) is 93.9 Å². The van der Waals surface area contributed by atoms with Gasteiger partial charge in [-0.2, -0.15) is 0 Å². The highest BCUT2D eigenvalue weighted by Crippen LogP contribution is 2.51. The maximum absolute atomic E-state index is 16.6. The molecule has 0 saturated carbocycles. The molecule has 0 aliphatic carbocycles. The fourth-order valence-corrected chi connectivity index (χ4v) is 17.4. The number of halogens is 5. The first-order valence-electron chi connectivity index (χ1n) is 43.7. The van der Waals surface area contributed by atoms with Gasteiger partial charge in [0, 0.05) is 66.6 Å². The molecule has 8 aliphatic rings. The summed E-state index contributed by atoms with van der Waals surface area (Å²) in [5.74, 6) is -17.9. The van der Waals surface area contributed by atoms with Crippen LogP contribution >= 0.6 is 23.2 Å². The third-order valence-electron chi connectivity index (χ3n) is 23.9. The largest absolute Gasteiger partial charge is 0.573 e. The van der Waals surface area contributed by atoms with Crippen molar-refractivity contribution in [2.75, 3.05) is 51.8 Å². The Morgan fingerprint density at radius 1 is 0.655 bits per heavy atom. The summed E-state index contributed by atoms with van der Waals surface area (Å²) in [6.07, 6.45) is -35.6. The number of phenolic OH excluding ortho intramolecular Hbond substituents is 3. The summed E-state index contributed by atoms with van der Waals surface area (Å²) < 4.78 is 94.4. The smallest absolute Gasteiger partial charge is 0.508 e. The molecule has 0 spiro atoms. The van der Waals surface area contributed by atoms with E-state index in [2.05, 4.69) is 52.6 Å². The monoisotopic (exact) mass is 1990 g/mol. The molecule has 11 bridgehead atoms. The number of hydrogen-bond donors (Lipinski definition) is 24. The number of anilines is 1. The molecule has 3 unspecified atom stereocenters. The van der Waals surface area contributed by atoms with Crippen LogP contribution < -0.4 is 78.3 Å². The highest BCUT2D eigenvalue weighted by atomic mass is 35.5. The average Bonchev–Trinajstić information content (AvgIpc) is 0.756. The lowest BCUT2D eigenvalue weighted by Gasteiger charge is -2.46. The van der Waals surface area contributed by atoms with Crippen molar-refractivity contribution >= 4 is 82.1 Å². The number of aromatic hydroxyl groups is 3. The van der Waals surface area contributed by atoms with Crippen LogP contribution in [0, 0.1) is 5.92 Å². The van der Waals surface area contributed by atoms with Crippen LogP contribution in [-0.4, -0.2) is 287 Å². The van der Waals surface area contributed by atoms with Gasteiger partial charge in [0.25, 0.3) is 5.91 Å². The van der Waals surface area contributed by atoms with E-state index in [1.54, 1.807) is 19.9 Å². The number of aliphatic hydroxyl groups is 10. The quantitative estimate of drug-likeness (QED) is 0.0353. The molecular formula is C91H105Cl2F3N12O31. The first-order valence-corrected chi connectivity index (χ1v) is 44.5. The second-order valence-electron chi connectivity index (χ2n) is 34.6. The number of nitrogens with two attached hydrogens (primary N) is 2. The molecular weight excluding hydrogens is 1880 g/mol. The molecule has 7 aromatic rings. The van der Waals surface area contributed by atoms with Crippen LogP contribution in [-0.2, 0) is 68.6 Å². The van der Waals surface area contributed by atoms with Gasteiger partial charge < -0.3 is 173 Å². The summed E-state index contributed by atoms with van der Waals surface area (Å²) in [7, 11) is 1.44. The topological polar surface area (TPSA) is 663 Å². The maximum atomic E-state index is 16.6. The number of carbonyl (C=O) groups excluding carboxylic acids is 9. The van der Waals surface area contributed by atoms with E-state index in [-0.39, 0.29) is 47.8 Å². The number of ether oxygens (including phenoxy) is 9. The minimum absolute atomic E-state index is 0.0613. The number of amides is 9. The van der Waals surface area contributed by atoms with E-state index in [0.29, 0.717) is 5.56 Å². The zero-order chi connectivity index (χ0) is 101. The number of benzene rings is 7. The average molecular weight is 1990 g/mol. The summed E-state index contributed by atoms with van der Waals surface area (Å²) in [5, 5.41) is 173. The zero-order valence-corrected chi connectivity index (χ0v) is 76.1. The summed E-state index contributed by atoms with van der Waals surface area (Å²) >= 11 is 14.6. The summed E-state index contributed by atoms with van der Waals surface area (Å²) in [6, 6.07) is 9.16. The number of hydrogen-bond acceptors (Lipinski definition) is 34. The first kappa shape index (κ1) is 104. The molecule has 43 nitrogen and oxygen atoms in total. The molecule has 8 aliphatic heterocycles. The summed E-state index contributed by atoms with van der Waals surface area (Å²) in [4.78, 5) is 137. The van der Waals surface area contributed by atoms with E-state index >= 15 is 28.8 Å². The van der Waals surface area contributed by atoms with Crippen LogP contribution in [0.15, 0.2) is 127 Å². The van der Waals surface area contributed by atoms with Crippen LogP contribution in [0.5, 0.6) is 51.7 Å². The van der Waals surface area contributed by atoms with Crippen LogP contribution in [0.4, 0.5) is 18.9 Å². The number of nitrogens with one attached hydrogen (secondary N) is 9. The molecule has 0 radical (unpaired) electrons. The molecule has 3 fully saturated rings. The Morgan fingerprint density at radius 2 is 1.29 bits per heavy atom. The van der Waals surface area contributed by atoms with Crippen LogP contribution in [0.3, 0.4) is 0 Å². The SMILES string of the molecule is CN[C@H](CC(C)C)C(=O)NC1C(=O)NC(CC(N)=O)C(=O)N[C@H]2C(=O)N[C@H]3C(=O)N[C@H](C(=O)NC(C(=O)N(CCO)CCO)c4cc(O)cc(O)c4-c4cc3ccc4O)[C@H](O[C@H]3C[C@](C)(N)[C@@H](O)[C@H](C)O3)c3ccc(c(Cl)c3)Oc3cc2cc(c3O[C@@H]2O[C@H](CO)[C@@H](O[C@@H]3O[C@H](CNCc4cccc(NC(=O)c5cccc(OC(F)(F)F)c5)c4)[C@H](O)[C@H](O)[C@H]3O)[C@H](O)[C@H]2O)Oc2ccc(cc2Cl)[C@H]1O. The number of rotatable bonds is 26. The van der Waals surface area contributed by atoms with E-state index in [0.717, 1.165) is 89.8 Å². The van der Waals surface area contributed by atoms with Gasteiger partial charge in [0.1, 0.15) is 132 Å². The Bertz CT molecular complexity index is 5710. The van der Waals surface area contributed by atoms with E-state index in [4.69, 9.17) is 72.6 Å². The van der Waals surface area contributed by atoms with Crippen molar-refractivity contribution in [3.63, 3.8) is 0 Å². The Hall–Kier alpha value is -12.0. The lowest BCUT2D eigenvalue weighted by molar-refractivity contribution is -0.350. The van der Waals surface area contributed by atoms with Crippen LogP contribution in [0.25, 0.3) is 11.1 Å². The van der Waals surface area contributed by atoms with Gasteiger partial charge in [0.2, 0.25) is 59.3 Å². The van der Waals surface area contributed by atoms with Gasteiger partial charge in [0.05, 0.1) is 54.5 Å². The summed E-state index contributed by atoms with van der Waals surface area (Å²) in [6.45, 7) is 2.29. The third-order valence-corrected chi connectivity index (χ3v) is 24.5. The number of primary amides is 1. The fourth-order valence-electron chi connectivity index (χ4n) is 16.9. The number of aliphatic hydroxyl groups excluding tert-OH is 10. The summed E-state index contributed by atoms with van der Waals surface area (Å²) in [5.41, 5.74) is 8.46. The highest BCUT2D eigenvalue weighted by molar-refractivity contribution is 6.32. The van der Waals surface area contributed by atoms with Gasteiger partial charge in [-0.05, 0) is 152 Å². The number of fused-ring (bicyclic) bond motifs is 15.